The monoisotopic (exact) mass is 573 g/mol. The lowest BCUT2D eigenvalue weighted by atomic mass is 9.65. The normalized spacial score (nSPS) is 27.2. The van der Waals surface area contributed by atoms with Crippen molar-refractivity contribution in [2.45, 2.75) is 78.3 Å². The molecular formula is C30H41Cl2N5O2. The van der Waals surface area contributed by atoms with Crippen LogP contribution in [-0.2, 0) is 4.79 Å². The van der Waals surface area contributed by atoms with Crippen LogP contribution in [0.15, 0.2) is 18.2 Å². The zero-order chi connectivity index (χ0) is 27.9. The van der Waals surface area contributed by atoms with Crippen molar-refractivity contribution < 1.29 is 9.90 Å². The topological polar surface area (TPSA) is 81.6 Å². The number of benzene rings is 1. The molecule has 1 aliphatic carbocycles. The van der Waals surface area contributed by atoms with Gasteiger partial charge in [-0.2, -0.15) is 4.98 Å². The van der Waals surface area contributed by atoms with Gasteiger partial charge in [0.15, 0.2) is 5.82 Å². The molecule has 1 aromatic carbocycles. The van der Waals surface area contributed by atoms with Gasteiger partial charge in [0.2, 0.25) is 5.95 Å². The van der Waals surface area contributed by atoms with E-state index in [-0.39, 0.29) is 6.04 Å². The van der Waals surface area contributed by atoms with Gasteiger partial charge in [-0.05, 0) is 102 Å². The van der Waals surface area contributed by atoms with Gasteiger partial charge in [-0.25, -0.2) is 4.98 Å². The van der Waals surface area contributed by atoms with Gasteiger partial charge < -0.3 is 20.2 Å². The summed E-state index contributed by atoms with van der Waals surface area (Å²) in [6.45, 7) is 12.0. The van der Waals surface area contributed by atoms with Crippen LogP contribution in [0.25, 0.3) is 0 Å². The predicted octanol–water partition coefficient (Wildman–Crippen LogP) is 6.76. The molecule has 7 nitrogen and oxygen atoms in total. The number of hydrogen-bond acceptors (Lipinski definition) is 6. The van der Waals surface area contributed by atoms with Crippen LogP contribution in [0.4, 0.5) is 11.8 Å². The van der Waals surface area contributed by atoms with Gasteiger partial charge in [-0.1, -0.05) is 35.3 Å². The second kappa shape index (κ2) is 11.4. The number of anilines is 2. The second-order valence-electron chi connectivity index (χ2n) is 12.3. The van der Waals surface area contributed by atoms with Gasteiger partial charge in [0.05, 0.1) is 17.2 Å². The fraction of sp³-hybridized carbons (Fsp3) is 0.633. The van der Waals surface area contributed by atoms with Crippen molar-refractivity contribution in [3.63, 3.8) is 0 Å². The number of rotatable bonds is 7. The van der Waals surface area contributed by atoms with E-state index in [9.17, 15) is 9.90 Å². The molecule has 0 amide bonds. The van der Waals surface area contributed by atoms with Gasteiger partial charge in [-0.3, -0.25) is 4.79 Å². The third-order valence-electron chi connectivity index (χ3n) is 9.36. The molecule has 2 aliphatic heterocycles. The van der Waals surface area contributed by atoms with Gasteiger partial charge in [0, 0.05) is 30.7 Å². The maximum atomic E-state index is 11.5. The molecule has 2 N–H and O–H groups in total. The van der Waals surface area contributed by atoms with Crippen LogP contribution in [0, 0.1) is 31.1 Å². The summed E-state index contributed by atoms with van der Waals surface area (Å²) in [4.78, 5) is 26.0. The van der Waals surface area contributed by atoms with Crippen molar-refractivity contribution in [1.29, 1.82) is 0 Å². The summed E-state index contributed by atoms with van der Waals surface area (Å²) in [6, 6.07) is 6.46. The highest BCUT2D eigenvalue weighted by molar-refractivity contribution is 6.33. The second-order valence-corrected chi connectivity index (χ2v) is 13.1. The molecule has 0 spiro atoms. The predicted molar refractivity (Wildman–Crippen MR) is 158 cm³/mol. The first-order valence-electron chi connectivity index (χ1n) is 14.3. The minimum absolute atomic E-state index is 0.0539. The number of piperidine rings is 2. The highest BCUT2D eigenvalue weighted by atomic mass is 35.5. The van der Waals surface area contributed by atoms with Crippen LogP contribution >= 0.6 is 23.2 Å². The maximum Gasteiger partial charge on any atom is 0.309 e. The number of carboxylic acids is 1. The molecule has 0 bridgehead atoms. The number of halogens is 2. The molecule has 9 heteroatoms. The lowest BCUT2D eigenvalue weighted by molar-refractivity contribution is -0.158. The first-order valence-corrected chi connectivity index (χ1v) is 15.1. The van der Waals surface area contributed by atoms with Gasteiger partial charge in [-0.15, -0.1) is 0 Å². The summed E-state index contributed by atoms with van der Waals surface area (Å²) < 4.78 is 0. The maximum absolute atomic E-state index is 11.5. The summed E-state index contributed by atoms with van der Waals surface area (Å²) in [5, 5.41) is 14.2. The molecular weight excluding hydrogens is 533 g/mol. The summed E-state index contributed by atoms with van der Waals surface area (Å²) in [6.07, 6.45) is 6.30. The lowest BCUT2D eigenvalue weighted by Crippen LogP contribution is -2.56. The molecule has 1 aromatic heterocycles. The van der Waals surface area contributed by atoms with E-state index in [1.54, 1.807) is 0 Å². The standard InChI is InChI=1S/C30H41Cl2N5O2/c1-18-7-8-24(25(31)14-18)19(2)33-27-26(32)20(3)34-29(35-27)36-12-9-21(10-13-36)22-6-5-11-37(17-22)23-15-30(4,16-23)28(38)39/h7-8,14,19,21-23H,5-6,9-13,15-17H2,1-4H3,(H,38,39)(H,33,34,35)/t19-,22?,23?,30?/m1/s1. The van der Waals surface area contributed by atoms with Crippen LogP contribution in [-0.4, -0.2) is 58.2 Å². The molecule has 2 saturated heterocycles. The minimum atomic E-state index is -0.647. The van der Waals surface area contributed by atoms with Crippen molar-refractivity contribution in [3.05, 3.63) is 45.1 Å². The van der Waals surface area contributed by atoms with E-state index in [2.05, 4.69) is 28.1 Å². The molecule has 3 fully saturated rings. The smallest absolute Gasteiger partial charge is 0.309 e. The zero-order valence-corrected chi connectivity index (χ0v) is 25.0. The molecule has 3 aliphatic rings. The average molecular weight is 575 g/mol. The number of carboxylic acid groups (broad SMARTS) is 1. The molecule has 2 aromatic rings. The Morgan fingerprint density at radius 3 is 2.49 bits per heavy atom. The number of likely N-dealkylation sites (tertiary alicyclic amines) is 1. The Bertz CT molecular complexity index is 1210. The molecule has 0 radical (unpaired) electrons. The van der Waals surface area contributed by atoms with Crippen LogP contribution in [0.3, 0.4) is 0 Å². The number of nitrogens with zero attached hydrogens (tertiary/aromatic N) is 4. The van der Waals surface area contributed by atoms with Crippen LogP contribution in [0.2, 0.25) is 10.0 Å². The molecule has 212 valence electrons. The Morgan fingerprint density at radius 1 is 1.10 bits per heavy atom. The van der Waals surface area contributed by atoms with E-state index >= 15 is 0 Å². The van der Waals surface area contributed by atoms with Crippen molar-refractivity contribution in [1.82, 2.24) is 14.9 Å². The van der Waals surface area contributed by atoms with Crippen LogP contribution in [0.1, 0.15) is 75.2 Å². The quantitative estimate of drug-likeness (QED) is 0.378. The lowest BCUT2D eigenvalue weighted by Gasteiger charge is -2.51. The highest BCUT2D eigenvalue weighted by Crippen LogP contribution is 2.45. The number of aromatic nitrogens is 2. The number of nitrogens with one attached hydrogen (secondary N) is 1. The molecule has 1 saturated carbocycles. The molecule has 5 rings (SSSR count). The number of carbonyl (C=O) groups is 1. The summed E-state index contributed by atoms with van der Waals surface area (Å²) in [5.74, 6) is 2.09. The fourth-order valence-corrected chi connectivity index (χ4v) is 7.33. The number of aliphatic carboxylic acids is 1. The van der Waals surface area contributed by atoms with Crippen molar-refractivity contribution in [3.8, 4) is 0 Å². The zero-order valence-electron chi connectivity index (χ0n) is 23.5. The summed E-state index contributed by atoms with van der Waals surface area (Å²) >= 11 is 13.2. The minimum Gasteiger partial charge on any atom is -0.481 e. The van der Waals surface area contributed by atoms with Crippen LogP contribution < -0.4 is 10.2 Å². The molecule has 1 unspecified atom stereocenters. The summed E-state index contributed by atoms with van der Waals surface area (Å²) in [7, 11) is 0. The van der Waals surface area contributed by atoms with E-state index in [0.717, 1.165) is 79.7 Å². The van der Waals surface area contributed by atoms with Gasteiger partial charge in [0.1, 0.15) is 5.02 Å². The first kappa shape index (κ1) is 28.4. The fourth-order valence-electron chi connectivity index (χ4n) is 6.79. The third-order valence-corrected chi connectivity index (χ3v) is 10.1. The molecule has 2 atom stereocenters. The van der Waals surface area contributed by atoms with E-state index in [1.165, 1.54) is 12.8 Å². The van der Waals surface area contributed by atoms with Gasteiger partial charge in [0.25, 0.3) is 0 Å². The van der Waals surface area contributed by atoms with Crippen molar-refractivity contribution in [2.24, 2.45) is 17.3 Å². The van der Waals surface area contributed by atoms with E-state index < -0.39 is 11.4 Å². The van der Waals surface area contributed by atoms with Crippen molar-refractivity contribution >= 4 is 40.9 Å². The largest absolute Gasteiger partial charge is 0.481 e. The molecule has 3 heterocycles. The van der Waals surface area contributed by atoms with E-state index in [0.29, 0.717) is 28.7 Å². The Hall–Kier alpha value is -2.09. The Balaban J connectivity index is 1.20. The van der Waals surface area contributed by atoms with E-state index in [4.69, 9.17) is 33.2 Å². The number of hydrogen-bond donors (Lipinski definition) is 2. The van der Waals surface area contributed by atoms with Gasteiger partial charge >= 0.3 is 5.97 Å². The first-order chi connectivity index (χ1) is 18.5. The Labute approximate surface area is 242 Å². The number of aryl methyl sites for hydroxylation is 2. The average Bonchev–Trinajstić information content (AvgIpc) is 2.89. The van der Waals surface area contributed by atoms with E-state index in [1.807, 2.05) is 32.9 Å². The third kappa shape index (κ3) is 6.01. The highest BCUT2D eigenvalue weighted by Gasteiger charge is 2.49. The Kier molecular flexibility index (Phi) is 8.33. The SMILES string of the molecule is Cc1ccc([C@@H](C)Nc2nc(N3CCC(C4CCCN(C5CC(C)(C(=O)O)C5)C4)CC3)nc(C)c2Cl)c(Cl)c1. The van der Waals surface area contributed by atoms with Crippen molar-refractivity contribution in [2.75, 3.05) is 36.4 Å². The molecule has 39 heavy (non-hydrogen) atoms. The summed E-state index contributed by atoms with van der Waals surface area (Å²) in [5.41, 5.74) is 2.37. The van der Waals surface area contributed by atoms with Crippen LogP contribution in [0.5, 0.6) is 0 Å². The Morgan fingerprint density at radius 2 is 1.82 bits per heavy atom.